The summed E-state index contributed by atoms with van der Waals surface area (Å²) in [6, 6.07) is 12.0. The minimum absolute atomic E-state index is 0.162. The van der Waals surface area contributed by atoms with Crippen molar-refractivity contribution in [1.82, 2.24) is 14.5 Å². The molecule has 0 aliphatic carbocycles. The van der Waals surface area contributed by atoms with Crippen LogP contribution in [0.4, 0.5) is 11.8 Å². The molecule has 0 unspecified atom stereocenters. The molecule has 138 valence electrons. The number of nitrogen functional groups attached to an aromatic ring is 2. The van der Waals surface area contributed by atoms with Crippen LogP contribution in [0.3, 0.4) is 0 Å². The van der Waals surface area contributed by atoms with Crippen LogP contribution in [0.25, 0.3) is 32.9 Å². The van der Waals surface area contributed by atoms with Gasteiger partial charge in [-0.15, -0.1) is 0 Å². The second-order valence-corrected chi connectivity index (χ2v) is 6.28. The van der Waals surface area contributed by atoms with Crippen molar-refractivity contribution in [2.24, 2.45) is 0 Å². The van der Waals surface area contributed by atoms with E-state index in [9.17, 15) is 0 Å². The smallest absolute Gasteiger partial charge is 0.222 e. The molecule has 4 rings (SSSR count). The summed E-state index contributed by atoms with van der Waals surface area (Å²) in [7, 11) is 3.35. The summed E-state index contributed by atoms with van der Waals surface area (Å²) in [6.45, 7) is 1.32. The first-order valence-electron chi connectivity index (χ1n) is 8.60. The Kier molecular flexibility index (Phi) is 4.29. The topological polar surface area (TPSA) is 101 Å². The largest absolute Gasteiger partial charge is 0.497 e. The summed E-state index contributed by atoms with van der Waals surface area (Å²) < 4.78 is 12.8. The number of aromatic nitrogens is 3. The highest BCUT2D eigenvalue weighted by molar-refractivity contribution is 6.15. The highest BCUT2D eigenvalue weighted by atomic mass is 16.5. The first-order chi connectivity index (χ1) is 13.1. The van der Waals surface area contributed by atoms with Crippen LogP contribution >= 0.6 is 0 Å². The van der Waals surface area contributed by atoms with Crippen LogP contribution < -0.4 is 16.2 Å². The van der Waals surface area contributed by atoms with Gasteiger partial charge < -0.3 is 25.5 Å². The molecule has 7 heteroatoms. The summed E-state index contributed by atoms with van der Waals surface area (Å²) in [4.78, 5) is 8.55. The number of nitrogens with two attached hydrogens (primary N) is 2. The average Bonchev–Trinajstić information content (AvgIpc) is 3.09. The summed E-state index contributed by atoms with van der Waals surface area (Å²) in [5.74, 6) is 1.33. The summed E-state index contributed by atoms with van der Waals surface area (Å²) >= 11 is 0. The van der Waals surface area contributed by atoms with Gasteiger partial charge in [-0.25, -0.2) is 4.98 Å². The molecule has 0 amide bonds. The van der Waals surface area contributed by atoms with E-state index in [2.05, 4.69) is 14.5 Å². The van der Waals surface area contributed by atoms with E-state index in [4.69, 9.17) is 20.9 Å². The number of benzene rings is 2. The van der Waals surface area contributed by atoms with E-state index < -0.39 is 0 Å². The lowest BCUT2D eigenvalue weighted by atomic mass is 9.99. The second kappa shape index (κ2) is 6.77. The van der Waals surface area contributed by atoms with E-state index in [0.29, 0.717) is 12.4 Å². The van der Waals surface area contributed by atoms with Gasteiger partial charge in [-0.1, -0.05) is 12.1 Å². The monoisotopic (exact) mass is 363 g/mol. The van der Waals surface area contributed by atoms with Crippen LogP contribution in [0.2, 0.25) is 0 Å². The van der Waals surface area contributed by atoms with Crippen molar-refractivity contribution >= 4 is 33.6 Å². The summed E-state index contributed by atoms with van der Waals surface area (Å²) in [5, 5.41) is 1.79. The Hall–Kier alpha value is -3.32. The maximum atomic E-state index is 6.18. The predicted molar refractivity (Wildman–Crippen MR) is 108 cm³/mol. The molecule has 0 radical (unpaired) electrons. The number of fused-ring (bicyclic) bond motifs is 3. The third-order valence-electron chi connectivity index (χ3n) is 4.67. The van der Waals surface area contributed by atoms with Gasteiger partial charge in [0.1, 0.15) is 11.6 Å². The Morgan fingerprint density at radius 2 is 1.93 bits per heavy atom. The molecule has 7 nitrogen and oxygen atoms in total. The van der Waals surface area contributed by atoms with Gasteiger partial charge in [-0.3, -0.25) is 0 Å². The molecule has 0 bridgehead atoms. The fourth-order valence-corrected chi connectivity index (χ4v) is 3.46. The number of hydrogen-bond donors (Lipinski definition) is 2. The Labute approximate surface area is 156 Å². The SMILES string of the molecule is COCCn1ccc2c3c(N)nc(N)nc3cc(-c3cccc(OC)c3)c21. The van der Waals surface area contributed by atoms with Crippen LogP contribution in [0, 0.1) is 0 Å². The summed E-state index contributed by atoms with van der Waals surface area (Å²) in [6.07, 6.45) is 2.03. The number of methoxy groups -OCH3 is 2. The number of anilines is 2. The van der Waals surface area contributed by atoms with Crippen molar-refractivity contribution in [2.45, 2.75) is 6.54 Å². The van der Waals surface area contributed by atoms with Crippen LogP contribution in [0.1, 0.15) is 0 Å². The van der Waals surface area contributed by atoms with Crippen molar-refractivity contribution in [3.05, 3.63) is 42.6 Å². The van der Waals surface area contributed by atoms with Gasteiger partial charge in [0.15, 0.2) is 0 Å². The number of ether oxygens (including phenoxy) is 2. The first kappa shape index (κ1) is 17.1. The van der Waals surface area contributed by atoms with E-state index in [0.717, 1.165) is 45.2 Å². The minimum Gasteiger partial charge on any atom is -0.497 e. The molecule has 2 heterocycles. The highest BCUT2D eigenvalue weighted by Gasteiger charge is 2.17. The molecule has 0 saturated carbocycles. The maximum Gasteiger partial charge on any atom is 0.222 e. The van der Waals surface area contributed by atoms with E-state index >= 15 is 0 Å². The van der Waals surface area contributed by atoms with Crippen LogP contribution in [0.15, 0.2) is 42.6 Å². The molecule has 0 spiro atoms. The predicted octanol–water partition coefficient (Wildman–Crippen LogP) is 3.07. The van der Waals surface area contributed by atoms with E-state index in [1.807, 2.05) is 42.6 Å². The molecule has 0 aliphatic heterocycles. The fourth-order valence-electron chi connectivity index (χ4n) is 3.46. The van der Waals surface area contributed by atoms with E-state index in [-0.39, 0.29) is 5.95 Å². The van der Waals surface area contributed by atoms with Crippen LogP contribution in [0.5, 0.6) is 5.75 Å². The zero-order valence-electron chi connectivity index (χ0n) is 15.3. The lowest BCUT2D eigenvalue weighted by Gasteiger charge is -2.13. The third kappa shape index (κ3) is 2.92. The molecule has 2 aromatic carbocycles. The Morgan fingerprint density at radius 3 is 2.70 bits per heavy atom. The second-order valence-electron chi connectivity index (χ2n) is 6.28. The molecule has 4 N–H and O–H groups in total. The van der Waals surface area contributed by atoms with Gasteiger partial charge >= 0.3 is 0 Å². The van der Waals surface area contributed by atoms with Crippen LogP contribution in [-0.4, -0.2) is 35.4 Å². The van der Waals surface area contributed by atoms with E-state index in [1.165, 1.54) is 0 Å². The van der Waals surface area contributed by atoms with Crippen molar-refractivity contribution in [1.29, 1.82) is 0 Å². The maximum absolute atomic E-state index is 6.18. The normalized spacial score (nSPS) is 11.3. The molecule has 27 heavy (non-hydrogen) atoms. The van der Waals surface area contributed by atoms with Gasteiger partial charge in [0, 0.05) is 30.8 Å². The Bertz CT molecular complexity index is 1140. The lowest BCUT2D eigenvalue weighted by Crippen LogP contribution is -2.05. The van der Waals surface area contributed by atoms with Crippen molar-refractivity contribution in [3.63, 3.8) is 0 Å². The minimum atomic E-state index is 0.162. The first-order valence-corrected chi connectivity index (χ1v) is 8.60. The van der Waals surface area contributed by atoms with Gasteiger partial charge in [0.25, 0.3) is 0 Å². The number of nitrogens with zero attached hydrogens (tertiary/aromatic N) is 3. The lowest BCUT2D eigenvalue weighted by molar-refractivity contribution is 0.188. The van der Waals surface area contributed by atoms with Gasteiger partial charge in [0.05, 0.1) is 30.1 Å². The molecular formula is C20H21N5O2. The number of hydrogen-bond acceptors (Lipinski definition) is 6. The standard InChI is InChI=1S/C20H21N5O2/c1-26-9-8-25-7-6-14-17-16(23-20(22)24-19(17)21)11-15(18(14)25)12-4-3-5-13(10-12)27-2/h3-7,10-11H,8-9H2,1-2H3,(H4,21,22,23,24). The van der Waals surface area contributed by atoms with E-state index in [1.54, 1.807) is 14.2 Å². The molecule has 0 aliphatic rings. The fraction of sp³-hybridized carbons (Fsp3) is 0.200. The van der Waals surface area contributed by atoms with Crippen molar-refractivity contribution < 1.29 is 9.47 Å². The van der Waals surface area contributed by atoms with Crippen molar-refractivity contribution in [2.75, 3.05) is 32.3 Å². The zero-order chi connectivity index (χ0) is 19.0. The molecule has 0 fully saturated rings. The third-order valence-corrected chi connectivity index (χ3v) is 4.67. The average molecular weight is 363 g/mol. The Morgan fingerprint density at radius 1 is 1.07 bits per heavy atom. The van der Waals surface area contributed by atoms with Gasteiger partial charge in [-0.2, -0.15) is 4.98 Å². The molecule has 0 atom stereocenters. The molecule has 0 saturated heterocycles. The van der Waals surface area contributed by atoms with Crippen molar-refractivity contribution in [3.8, 4) is 16.9 Å². The van der Waals surface area contributed by atoms with Gasteiger partial charge in [0.2, 0.25) is 5.95 Å². The zero-order valence-corrected chi connectivity index (χ0v) is 15.3. The molecule has 4 aromatic rings. The Balaban J connectivity index is 2.08. The molecular weight excluding hydrogens is 342 g/mol. The quantitative estimate of drug-likeness (QED) is 0.565. The summed E-state index contributed by atoms with van der Waals surface area (Å²) in [5.41, 5.74) is 15.8. The van der Waals surface area contributed by atoms with Gasteiger partial charge in [-0.05, 0) is 29.8 Å². The van der Waals surface area contributed by atoms with Crippen LogP contribution in [-0.2, 0) is 11.3 Å². The highest BCUT2D eigenvalue weighted by Crippen LogP contribution is 2.38. The number of rotatable bonds is 5. The molecule has 2 aromatic heterocycles.